The van der Waals surface area contributed by atoms with Gasteiger partial charge in [-0.2, -0.15) is 0 Å². The van der Waals surface area contributed by atoms with Crippen molar-refractivity contribution < 1.29 is 8.78 Å². The summed E-state index contributed by atoms with van der Waals surface area (Å²) in [6.07, 6.45) is 0.677. The van der Waals surface area contributed by atoms with Gasteiger partial charge in [0.05, 0.1) is 0 Å². The first kappa shape index (κ1) is 11.0. The van der Waals surface area contributed by atoms with E-state index >= 15 is 0 Å². The third-order valence-electron chi connectivity index (χ3n) is 2.95. The summed E-state index contributed by atoms with van der Waals surface area (Å²) < 4.78 is 25.8. The summed E-state index contributed by atoms with van der Waals surface area (Å²) in [4.78, 5) is 3.17. The van der Waals surface area contributed by atoms with E-state index in [0.29, 0.717) is 6.42 Å². The maximum atomic E-state index is 13.1. The van der Waals surface area contributed by atoms with Gasteiger partial charge in [-0.1, -0.05) is 12.1 Å². The van der Waals surface area contributed by atoms with Crippen molar-refractivity contribution in [2.75, 3.05) is 0 Å². The minimum absolute atomic E-state index is 0.238. The molecule has 0 atom stereocenters. The number of halogens is 2. The number of benzene rings is 2. The summed E-state index contributed by atoms with van der Waals surface area (Å²) in [6.45, 7) is 0. The molecule has 1 nitrogen and oxygen atoms in total. The van der Waals surface area contributed by atoms with Gasteiger partial charge in [-0.25, -0.2) is 8.78 Å². The van der Waals surface area contributed by atoms with E-state index in [2.05, 4.69) is 4.98 Å². The molecule has 0 fully saturated rings. The zero-order chi connectivity index (χ0) is 12.5. The van der Waals surface area contributed by atoms with Crippen LogP contribution in [0.3, 0.4) is 0 Å². The van der Waals surface area contributed by atoms with E-state index < -0.39 is 0 Å². The predicted octanol–water partition coefficient (Wildman–Crippen LogP) is 4.04. The topological polar surface area (TPSA) is 15.8 Å². The predicted molar refractivity (Wildman–Crippen MR) is 67.5 cm³/mol. The minimum atomic E-state index is -0.252. The number of rotatable bonds is 2. The van der Waals surface area contributed by atoms with E-state index in [9.17, 15) is 8.78 Å². The zero-order valence-electron chi connectivity index (χ0n) is 9.58. The van der Waals surface area contributed by atoms with Crippen LogP contribution in [0.5, 0.6) is 0 Å². The Morgan fingerprint density at radius 1 is 0.833 bits per heavy atom. The number of nitrogens with one attached hydrogen (secondary N) is 1. The molecule has 0 radical (unpaired) electrons. The van der Waals surface area contributed by atoms with Gasteiger partial charge in [0.15, 0.2) is 0 Å². The average molecular weight is 243 g/mol. The van der Waals surface area contributed by atoms with E-state index in [1.165, 1.54) is 24.3 Å². The van der Waals surface area contributed by atoms with Gasteiger partial charge in [-0.15, -0.1) is 0 Å². The third kappa shape index (κ3) is 2.12. The van der Waals surface area contributed by atoms with Crippen molar-refractivity contribution in [3.05, 3.63) is 71.4 Å². The molecule has 0 unspecified atom stereocenters. The summed E-state index contributed by atoms with van der Waals surface area (Å²) in [5.74, 6) is -0.491. The van der Waals surface area contributed by atoms with Crippen molar-refractivity contribution in [1.29, 1.82) is 0 Å². The molecule has 90 valence electrons. The lowest BCUT2D eigenvalue weighted by Gasteiger charge is -1.98. The quantitative estimate of drug-likeness (QED) is 0.699. The highest BCUT2D eigenvalue weighted by molar-refractivity contribution is 5.80. The molecule has 0 spiro atoms. The smallest absolute Gasteiger partial charge is 0.125 e. The molecule has 2 aromatic carbocycles. The van der Waals surface area contributed by atoms with E-state index in [1.807, 2.05) is 6.07 Å². The molecule has 0 aliphatic rings. The summed E-state index contributed by atoms with van der Waals surface area (Å²) in [5, 5.41) is 0.980. The molecule has 3 heteroatoms. The summed E-state index contributed by atoms with van der Waals surface area (Å²) in [7, 11) is 0. The van der Waals surface area contributed by atoms with Crippen LogP contribution in [0.1, 0.15) is 11.3 Å². The Hall–Kier alpha value is -2.16. The lowest BCUT2D eigenvalue weighted by atomic mass is 10.1. The van der Waals surface area contributed by atoms with Crippen LogP contribution in [0.15, 0.2) is 48.5 Å². The van der Waals surface area contributed by atoms with Gasteiger partial charge in [0.2, 0.25) is 0 Å². The number of hydrogen-bond donors (Lipinski definition) is 1. The lowest BCUT2D eigenvalue weighted by molar-refractivity contribution is 0.627. The SMILES string of the molecule is Fc1ccc(Cc2cc3ccc(F)cc3[nH]2)cc1. The van der Waals surface area contributed by atoms with Crippen LogP contribution in [0.2, 0.25) is 0 Å². The van der Waals surface area contributed by atoms with E-state index in [1.54, 1.807) is 18.2 Å². The number of fused-ring (bicyclic) bond motifs is 1. The number of aromatic nitrogens is 1. The Morgan fingerprint density at radius 2 is 1.56 bits per heavy atom. The summed E-state index contributed by atoms with van der Waals surface area (Å²) in [5.41, 5.74) is 2.79. The Kier molecular flexibility index (Phi) is 2.59. The molecule has 1 N–H and O–H groups in total. The Morgan fingerprint density at radius 3 is 2.33 bits per heavy atom. The second-order valence-corrected chi connectivity index (χ2v) is 4.33. The first-order chi connectivity index (χ1) is 8.70. The van der Waals surface area contributed by atoms with Gasteiger partial charge < -0.3 is 4.98 Å². The fourth-order valence-corrected chi connectivity index (χ4v) is 2.08. The molecule has 1 heterocycles. The first-order valence-corrected chi connectivity index (χ1v) is 5.72. The van der Waals surface area contributed by atoms with Crippen LogP contribution in [0.25, 0.3) is 10.9 Å². The zero-order valence-corrected chi connectivity index (χ0v) is 9.58. The lowest BCUT2D eigenvalue weighted by Crippen LogP contribution is -1.88. The molecule has 1 aromatic heterocycles. The molecule has 3 aromatic rings. The van der Waals surface area contributed by atoms with Crippen LogP contribution in [0, 0.1) is 11.6 Å². The monoisotopic (exact) mass is 243 g/mol. The summed E-state index contributed by atoms with van der Waals surface area (Å²) in [6, 6.07) is 13.0. The highest BCUT2D eigenvalue weighted by Gasteiger charge is 2.03. The van der Waals surface area contributed by atoms with Gasteiger partial charge in [0.25, 0.3) is 0 Å². The van der Waals surface area contributed by atoms with Gasteiger partial charge in [0, 0.05) is 17.6 Å². The van der Waals surface area contributed by atoms with Crippen LogP contribution in [-0.2, 0) is 6.42 Å². The number of H-pyrrole nitrogens is 1. The van der Waals surface area contributed by atoms with Crippen molar-refractivity contribution in [3.63, 3.8) is 0 Å². The molecule has 0 saturated heterocycles. The first-order valence-electron chi connectivity index (χ1n) is 5.72. The molecule has 0 aliphatic carbocycles. The fraction of sp³-hybridized carbons (Fsp3) is 0.0667. The third-order valence-corrected chi connectivity index (χ3v) is 2.95. The van der Waals surface area contributed by atoms with Gasteiger partial charge >= 0.3 is 0 Å². The molecule has 0 amide bonds. The largest absolute Gasteiger partial charge is 0.358 e. The maximum absolute atomic E-state index is 13.1. The second kappa shape index (κ2) is 4.26. The average Bonchev–Trinajstić information content (AvgIpc) is 2.73. The van der Waals surface area contributed by atoms with Crippen molar-refractivity contribution in [2.45, 2.75) is 6.42 Å². The molecular weight excluding hydrogens is 232 g/mol. The molecular formula is C15H11F2N. The van der Waals surface area contributed by atoms with Crippen LogP contribution in [0.4, 0.5) is 8.78 Å². The molecule has 3 rings (SSSR count). The Balaban J connectivity index is 1.92. The number of hydrogen-bond acceptors (Lipinski definition) is 0. The number of aromatic amines is 1. The van der Waals surface area contributed by atoms with Gasteiger partial charge in [0.1, 0.15) is 11.6 Å². The molecule has 18 heavy (non-hydrogen) atoms. The van der Waals surface area contributed by atoms with Gasteiger partial charge in [-0.05, 0) is 47.3 Å². The highest BCUT2D eigenvalue weighted by Crippen LogP contribution is 2.18. The van der Waals surface area contributed by atoms with Crippen molar-refractivity contribution in [2.24, 2.45) is 0 Å². The Bertz CT molecular complexity index is 683. The Labute approximate surface area is 103 Å². The van der Waals surface area contributed by atoms with Crippen LogP contribution in [-0.4, -0.2) is 4.98 Å². The molecule has 0 bridgehead atoms. The van der Waals surface area contributed by atoms with Gasteiger partial charge in [-0.3, -0.25) is 0 Å². The van der Waals surface area contributed by atoms with Crippen molar-refractivity contribution in [3.8, 4) is 0 Å². The van der Waals surface area contributed by atoms with Crippen LogP contribution < -0.4 is 0 Å². The maximum Gasteiger partial charge on any atom is 0.125 e. The van der Waals surface area contributed by atoms with E-state index in [4.69, 9.17) is 0 Å². The second-order valence-electron chi connectivity index (χ2n) is 4.33. The van der Waals surface area contributed by atoms with Crippen LogP contribution >= 0.6 is 0 Å². The highest BCUT2D eigenvalue weighted by atomic mass is 19.1. The minimum Gasteiger partial charge on any atom is -0.358 e. The molecule has 0 aliphatic heterocycles. The summed E-state index contributed by atoms with van der Waals surface area (Å²) >= 11 is 0. The molecule has 0 saturated carbocycles. The normalized spacial score (nSPS) is 11.0. The van der Waals surface area contributed by atoms with Crippen molar-refractivity contribution >= 4 is 10.9 Å². The van der Waals surface area contributed by atoms with E-state index in [-0.39, 0.29) is 11.6 Å². The fourth-order valence-electron chi connectivity index (χ4n) is 2.08. The van der Waals surface area contributed by atoms with Crippen molar-refractivity contribution in [1.82, 2.24) is 4.98 Å². The standard InChI is InChI=1S/C15H11F2N/c16-12-4-1-10(2-5-12)7-14-8-11-3-6-13(17)9-15(11)18-14/h1-6,8-9,18H,7H2. The van der Waals surface area contributed by atoms with E-state index in [0.717, 1.165) is 22.2 Å².